The summed E-state index contributed by atoms with van der Waals surface area (Å²) in [6, 6.07) is 2.33. The molecule has 1 heterocycles. The smallest absolute Gasteiger partial charge is 0.239 e. The number of primary sulfonamides is 1. The molecule has 0 aliphatic rings. The molecule has 0 aromatic carbocycles. The lowest BCUT2D eigenvalue weighted by Gasteiger charge is -2.07. The number of nitrogens with zero attached hydrogens (tertiary/aromatic N) is 2. The normalized spacial score (nSPS) is 11.5. The molecule has 0 aliphatic heterocycles. The molecule has 1 aromatic heterocycles. The van der Waals surface area contributed by atoms with Crippen molar-refractivity contribution in [1.29, 1.82) is 5.26 Å². The number of nitriles is 1. The Morgan fingerprint density at radius 3 is 2.50 bits per heavy atom. The first-order valence-corrected chi connectivity index (χ1v) is 5.54. The zero-order valence-electron chi connectivity index (χ0n) is 8.11. The van der Waals surface area contributed by atoms with Gasteiger partial charge in [-0.05, 0) is 13.0 Å². The predicted molar refractivity (Wildman–Crippen MR) is 50.0 cm³/mol. The third-order valence-corrected chi connectivity index (χ3v) is 2.60. The molecular formula is C8H7F2N3O2S. The lowest BCUT2D eigenvalue weighted by molar-refractivity contribution is 0.150. The molecule has 8 heteroatoms. The maximum Gasteiger partial charge on any atom is 0.265 e. The van der Waals surface area contributed by atoms with E-state index in [4.69, 9.17) is 10.4 Å². The fourth-order valence-corrected chi connectivity index (χ4v) is 1.88. The third-order valence-electron chi connectivity index (χ3n) is 1.76. The quantitative estimate of drug-likeness (QED) is 0.837. The van der Waals surface area contributed by atoms with E-state index in [9.17, 15) is 17.2 Å². The lowest BCUT2D eigenvalue weighted by Crippen LogP contribution is -2.17. The standard InChI is InChI=1S/C8H7F2N3O2S/c1-4-2-5(7(9)10)6(3-11)8(13-4)16(12,14)15/h2,7H,1H3,(H2,12,14,15). The molecule has 0 atom stereocenters. The van der Waals surface area contributed by atoms with E-state index in [1.165, 1.54) is 13.0 Å². The highest BCUT2D eigenvalue weighted by atomic mass is 32.2. The molecule has 0 saturated carbocycles. The number of aryl methyl sites for hydroxylation is 1. The van der Waals surface area contributed by atoms with Crippen LogP contribution in [-0.4, -0.2) is 13.4 Å². The summed E-state index contributed by atoms with van der Waals surface area (Å²) in [7, 11) is -4.29. The summed E-state index contributed by atoms with van der Waals surface area (Å²) < 4.78 is 47.2. The van der Waals surface area contributed by atoms with Crippen molar-refractivity contribution in [2.24, 2.45) is 5.14 Å². The van der Waals surface area contributed by atoms with Crippen LogP contribution in [0.2, 0.25) is 0 Å². The van der Waals surface area contributed by atoms with Gasteiger partial charge in [0.05, 0.1) is 5.56 Å². The minimum atomic E-state index is -4.29. The van der Waals surface area contributed by atoms with Crippen molar-refractivity contribution in [2.75, 3.05) is 0 Å². The molecule has 1 aromatic rings. The van der Waals surface area contributed by atoms with Crippen molar-refractivity contribution < 1.29 is 17.2 Å². The van der Waals surface area contributed by atoms with Crippen LogP contribution in [0.15, 0.2) is 11.1 Å². The number of aromatic nitrogens is 1. The van der Waals surface area contributed by atoms with Crippen LogP contribution in [0, 0.1) is 18.3 Å². The Morgan fingerprint density at radius 1 is 1.56 bits per heavy atom. The van der Waals surface area contributed by atoms with Gasteiger partial charge < -0.3 is 0 Å². The summed E-state index contributed by atoms with van der Waals surface area (Å²) in [6.45, 7) is 1.34. The molecule has 16 heavy (non-hydrogen) atoms. The maximum atomic E-state index is 12.5. The monoisotopic (exact) mass is 247 g/mol. The molecule has 5 nitrogen and oxygen atoms in total. The number of alkyl halides is 2. The molecule has 86 valence electrons. The number of halogens is 2. The first-order chi connectivity index (χ1) is 7.27. The van der Waals surface area contributed by atoms with Crippen LogP contribution in [0.5, 0.6) is 0 Å². The molecule has 0 unspecified atom stereocenters. The zero-order valence-corrected chi connectivity index (χ0v) is 8.92. The zero-order chi connectivity index (χ0) is 12.5. The van der Waals surface area contributed by atoms with E-state index >= 15 is 0 Å². The maximum absolute atomic E-state index is 12.5. The summed E-state index contributed by atoms with van der Waals surface area (Å²) in [5.41, 5.74) is -1.33. The van der Waals surface area contributed by atoms with E-state index in [1.807, 2.05) is 0 Å². The van der Waals surface area contributed by atoms with Gasteiger partial charge in [0.25, 0.3) is 16.4 Å². The molecule has 1 rings (SSSR count). The van der Waals surface area contributed by atoms with Crippen molar-refractivity contribution in [1.82, 2.24) is 4.98 Å². The average molecular weight is 247 g/mol. The Bertz CT molecular complexity index is 563. The van der Waals surface area contributed by atoms with Gasteiger partial charge in [0.1, 0.15) is 6.07 Å². The van der Waals surface area contributed by atoms with Gasteiger partial charge in [0.2, 0.25) is 0 Å². The highest BCUT2D eigenvalue weighted by Crippen LogP contribution is 2.26. The van der Waals surface area contributed by atoms with Crippen molar-refractivity contribution in [3.05, 3.63) is 22.9 Å². The number of nitrogens with two attached hydrogens (primary N) is 1. The number of pyridine rings is 1. The van der Waals surface area contributed by atoms with E-state index in [-0.39, 0.29) is 5.69 Å². The minimum Gasteiger partial charge on any atom is -0.239 e. The SMILES string of the molecule is Cc1cc(C(F)F)c(C#N)c(S(N)(=O)=O)n1. The van der Waals surface area contributed by atoms with Gasteiger partial charge in [-0.15, -0.1) is 0 Å². The van der Waals surface area contributed by atoms with Crippen LogP contribution in [0.1, 0.15) is 23.2 Å². The molecule has 0 amide bonds. The summed E-state index contributed by atoms with van der Waals surface area (Å²) in [4.78, 5) is 3.49. The summed E-state index contributed by atoms with van der Waals surface area (Å²) in [5, 5.41) is 12.6. The predicted octanol–water partition coefficient (Wildman–Crippen LogP) is 0.847. The highest BCUT2D eigenvalue weighted by Gasteiger charge is 2.24. The molecule has 0 saturated heterocycles. The number of rotatable bonds is 2. The molecule has 0 bridgehead atoms. The van der Waals surface area contributed by atoms with Crippen LogP contribution >= 0.6 is 0 Å². The topological polar surface area (TPSA) is 96.8 Å². The molecule has 2 N–H and O–H groups in total. The van der Waals surface area contributed by atoms with Crippen molar-refractivity contribution in [3.8, 4) is 6.07 Å². The van der Waals surface area contributed by atoms with Crippen LogP contribution in [0.4, 0.5) is 8.78 Å². The number of hydrogen-bond donors (Lipinski definition) is 1. The summed E-state index contributed by atoms with van der Waals surface area (Å²) >= 11 is 0. The van der Waals surface area contributed by atoms with E-state index in [0.717, 1.165) is 6.07 Å². The largest absolute Gasteiger partial charge is 0.265 e. The second-order valence-electron chi connectivity index (χ2n) is 2.99. The Labute approximate surface area is 90.6 Å². The van der Waals surface area contributed by atoms with E-state index in [1.54, 1.807) is 0 Å². The molecule has 0 fully saturated rings. The first-order valence-electron chi connectivity index (χ1n) is 4.00. The summed E-state index contributed by atoms with van der Waals surface area (Å²) in [6.07, 6.45) is -2.96. The Balaban J connectivity index is 3.71. The fraction of sp³-hybridized carbons (Fsp3) is 0.250. The Kier molecular flexibility index (Phi) is 3.21. The number of hydrogen-bond acceptors (Lipinski definition) is 4. The van der Waals surface area contributed by atoms with Crippen molar-refractivity contribution in [2.45, 2.75) is 18.4 Å². The molecule has 0 radical (unpaired) electrons. The lowest BCUT2D eigenvalue weighted by atomic mass is 10.1. The van der Waals surface area contributed by atoms with Crippen molar-refractivity contribution >= 4 is 10.0 Å². The van der Waals surface area contributed by atoms with Gasteiger partial charge in [0, 0.05) is 11.3 Å². The van der Waals surface area contributed by atoms with Gasteiger partial charge in [0.15, 0.2) is 5.03 Å². The van der Waals surface area contributed by atoms with Gasteiger partial charge in [-0.2, -0.15) is 5.26 Å². The van der Waals surface area contributed by atoms with Crippen LogP contribution in [0.25, 0.3) is 0 Å². The first kappa shape index (κ1) is 12.5. The van der Waals surface area contributed by atoms with Gasteiger partial charge in [-0.3, -0.25) is 0 Å². The van der Waals surface area contributed by atoms with Crippen LogP contribution in [0.3, 0.4) is 0 Å². The third kappa shape index (κ3) is 2.32. The van der Waals surface area contributed by atoms with Crippen LogP contribution in [-0.2, 0) is 10.0 Å². The summed E-state index contributed by atoms with van der Waals surface area (Å²) in [5.74, 6) is 0. The van der Waals surface area contributed by atoms with Gasteiger partial charge in [-0.25, -0.2) is 27.3 Å². The van der Waals surface area contributed by atoms with E-state index < -0.39 is 32.6 Å². The molecule has 0 spiro atoms. The van der Waals surface area contributed by atoms with E-state index in [2.05, 4.69) is 4.98 Å². The van der Waals surface area contributed by atoms with E-state index in [0.29, 0.717) is 0 Å². The highest BCUT2D eigenvalue weighted by molar-refractivity contribution is 7.89. The average Bonchev–Trinajstić information content (AvgIpc) is 2.14. The van der Waals surface area contributed by atoms with Crippen LogP contribution < -0.4 is 5.14 Å². The van der Waals surface area contributed by atoms with Gasteiger partial charge in [-0.1, -0.05) is 0 Å². The fourth-order valence-electron chi connectivity index (χ4n) is 1.16. The second kappa shape index (κ2) is 4.11. The second-order valence-corrected chi connectivity index (χ2v) is 4.47. The number of sulfonamides is 1. The Hall–Kier alpha value is -1.59. The minimum absolute atomic E-state index is 0.0540. The molecular weight excluding hydrogens is 240 g/mol. The molecule has 0 aliphatic carbocycles. The Morgan fingerprint density at radius 2 is 2.12 bits per heavy atom. The van der Waals surface area contributed by atoms with Gasteiger partial charge >= 0.3 is 0 Å². The van der Waals surface area contributed by atoms with Crippen molar-refractivity contribution in [3.63, 3.8) is 0 Å².